The van der Waals surface area contributed by atoms with Crippen LogP contribution in [0.5, 0.6) is 0 Å². The minimum absolute atomic E-state index is 1.20. The molecule has 0 aromatic carbocycles. The molecular formula is C17H34OSi. The standard InChI is InChI=1S/C17H34OSi/c1-5-6-7-8-9-10-11-13-16-14-12-15-17(16)18-19(2,3)4/h5-15H2,1-4H3. The molecule has 112 valence electrons. The lowest BCUT2D eigenvalue weighted by atomic mass is 10.0. The summed E-state index contributed by atoms with van der Waals surface area (Å²) in [4.78, 5) is 0. The molecule has 1 aliphatic rings. The van der Waals surface area contributed by atoms with Gasteiger partial charge in [-0.3, -0.25) is 0 Å². The maximum atomic E-state index is 6.24. The van der Waals surface area contributed by atoms with Gasteiger partial charge in [0.05, 0.1) is 5.76 Å². The predicted octanol–water partition coefficient (Wildman–Crippen LogP) is 6.42. The third-order valence-corrected chi connectivity index (χ3v) is 4.65. The molecule has 1 aliphatic carbocycles. The Morgan fingerprint density at radius 3 is 2.16 bits per heavy atom. The molecule has 0 saturated carbocycles. The van der Waals surface area contributed by atoms with E-state index >= 15 is 0 Å². The molecule has 0 aliphatic heterocycles. The van der Waals surface area contributed by atoms with Crippen molar-refractivity contribution in [1.29, 1.82) is 0 Å². The summed E-state index contributed by atoms with van der Waals surface area (Å²) in [6.07, 6.45) is 15.0. The third-order valence-electron chi connectivity index (χ3n) is 3.79. The second kappa shape index (κ2) is 8.83. The van der Waals surface area contributed by atoms with Crippen LogP contribution in [0.2, 0.25) is 19.6 Å². The Morgan fingerprint density at radius 2 is 1.53 bits per heavy atom. The predicted molar refractivity (Wildman–Crippen MR) is 87.9 cm³/mol. The van der Waals surface area contributed by atoms with Gasteiger partial charge in [-0.15, -0.1) is 0 Å². The van der Waals surface area contributed by atoms with E-state index in [2.05, 4.69) is 26.6 Å². The Hall–Kier alpha value is -0.243. The highest BCUT2D eigenvalue weighted by molar-refractivity contribution is 6.70. The van der Waals surface area contributed by atoms with Gasteiger partial charge in [-0.2, -0.15) is 0 Å². The van der Waals surface area contributed by atoms with Crippen molar-refractivity contribution in [3.8, 4) is 0 Å². The number of unbranched alkanes of at least 4 members (excludes halogenated alkanes) is 6. The molecular weight excluding hydrogens is 248 g/mol. The molecule has 0 atom stereocenters. The summed E-state index contributed by atoms with van der Waals surface area (Å²) in [5, 5.41) is 0. The third kappa shape index (κ3) is 7.81. The number of hydrogen-bond donors (Lipinski definition) is 0. The smallest absolute Gasteiger partial charge is 0.241 e. The topological polar surface area (TPSA) is 9.23 Å². The lowest BCUT2D eigenvalue weighted by Gasteiger charge is -2.21. The Bertz CT molecular complexity index is 275. The maximum absolute atomic E-state index is 6.24. The van der Waals surface area contributed by atoms with Crippen molar-refractivity contribution in [2.24, 2.45) is 0 Å². The molecule has 0 saturated heterocycles. The quantitative estimate of drug-likeness (QED) is 0.332. The first-order valence-corrected chi connectivity index (χ1v) is 11.8. The molecule has 0 aromatic rings. The Kier molecular flexibility index (Phi) is 7.82. The van der Waals surface area contributed by atoms with Crippen LogP contribution in [0, 0.1) is 0 Å². The second-order valence-electron chi connectivity index (χ2n) is 6.97. The van der Waals surface area contributed by atoms with Crippen molar-refractivity contribution in [3.05, 3.63) is 11.3 Å². The van der Waals surface area contributed by atoms with Crippen LogP contribution in [-0.4, -0.2) is 8.32 Å². The molecule has 19 heavy (non-hydrogen) atoms. The zero-order valence-electron chi connectivity index (χ0n) is 13.7. The van der Waals surface area contributed by atoms with Gasteiger partial charge in [0, 0.05) is 6.42 Å². The van der Waals surface area contributed by atoms with Crippen LogP contribution in [0.15, 0.2) is 11.3 Å². The first-order chi connectivity index (χ1) is 9.03. The van der Waals surface area contributed by atoms with E-state index in [1.807, 2.05) is 0 Å². The molecule has 0 aromatic heterocycles. The van der Waals surface area contributed by atoms with E-state index in [1.165, 1.54) is 76.4 Å². The van der Waals surface area contributed by atoms with E-state index in [-0.39, 0.29) is 0 Å². The highest BCUT2D eigenvalue weighted by Crippen LogP contribution is 2.32. The zero-order valence-corrected chi connectivity index (χ0v) is 14.7. The summed E-state index contributed by atoms with van der Waals surface area (Å²) in [6.45, 7) is 9.17. The van der Waals surface area contributed by atoms with Crippen molar-refractivity contribution in [1.82, 2.24) is 0 Å². The van der Waals surface area contributed by atoms with E-state index in [0.717, 1.165) is 0 Å². The number of allylic oxidation sites excluding steroid dienone is 2. The fraction of sp³-hybridized carbons (Fsp3) is 0.882. The van der Waals surface area contributed by atoms with Gasteiger partial charge >= 0.3 is 0 Å². The van der Waals surface area contributed by atoms with Gasteiger partial charge in [0.15, 0.2) is 0 Å². The summed E-state index contributed by atoms with van der Waals surface area (Å²) < 4.78 is 6.24. The highest BCUT2D eigenvalue weighted by atomic mass is 28.4. The van der Waals surface area contributed by atoms with Gasteiger partial charge < -0.3 is 4.43 Å². The molecule has 0 unspecified atom stereocenters. The van der Waals surface area contributed by atoms with Gasteiger partial charge in [0.2, 0.25) is 8.32 Å². The van der Waals surface area contributed by atoms with Crippen molar-refractivity contribution >= 4 is 8.32 Å². The second-order valence-corrected chi connectivity index (χ2v) is 11.4. The molecule has 0 N–H and O–H groups in total. The Balaban J connectivity index is 2.18. The van der Waals surface area contributed by atoms with Crippen molar-refractivity contribution in [3.63, 3.8) is 0 Å². The van der Waals surface area contributed by atoms with Crippen LogP contribution in [0.25, 0.3) is 0 Å². The van der Waals surface area contributed by atoms with Crippen molar-refractivity contribution in [2.45, 2.75) is 97.2 Å². The van der Waals surface area contributed by atoms with Crippen LogP contribution < -0.4 is 0 Å². The van der Waals surface area contributed by atoms with Crippen LogP contribution in [-0.2, 0) is 4.43 Å². The minimum Gasteiger partial charge on any atom is -0.547 e. The fourth-order valence-corrected chi connectivity index (χ4v) is 3.82. The van der Waals surface area contributed by atoms with E-state index in [9.17, 15) is 0 Å². The molecule has 0 bridgehead atoms. The lowest BCUT2D eigenvalue weighted by Crippen LogP contribution is -2.24. The minimum atomic E-state index is -1.39. The molecule has 0 fully saturated rings. The Morgan fingerprint density at radius 1 is 0.895 bits per heavy atom. The monoisotopic (exact) mass is 282 g/mol. The molecule has 0 heterocycles. The SMILES string of the molecule is CCCCCCCCCC1=C(O[Si](C)(C)C)CCC1. The van der Waals surface area contributed by atoms with Crippen LogP contribution >= 0.6 is 0 Å². The van der Waals surface area contributed by atoms with E-state index in [1.54, 1.807) is 5.57 Å². The summed E-state index contributed by atoms with van der Waals surface area (Å²) in [7, 11) is -1.39. The zero-order chi connectivity index (χ0) is 14.1. The van der Waals surface area contributed by atoms with Crippen LogP contribution in [0.1, 0.15) is 77.6 Å². The van der Waals surface area contributed by atoms with Crippen molar-refractivity contribution in [2.75, 3.05) is 0 Å². The van der Waals surface area contributed by atoms with E-state index in [4.69, 9.17) is 4.43 Å². The number of rotatable bonds is 10. The first kappa shape index (κ1) is 16.8. The molecule has 0 amide bonds. The summed E-state index contributed by atoms with van der Waals surface area (Å²) in [6, 6.07) is 0. The average Bonchev–Trinajstić information content (AvgIpc) is 2.73. The Labute approximate surface area is 122 Å². The number of hydrogen-bond acceptors (Lipinski definition) is 1. The van der Waals surface area contributed by atoms with Gasteiger partial charge in [-0.05, 0) is 50.9 Å². The van der Waals surface area contributed by atoms with E-state index < -0.39 is 8.32 Å². The maximum Gasteiger partial charge on any atom is 0.241 e. The lowest BCUT2D eigenvalue weighted by molar-refractivity contribution is 0.402. The largest absolute Gasteiger partial charge is 0.547 e. The van der Waals surface area contributed by atoms with E-state index in [0.29, 0.717) is 0 Å². The highest BCUT2D eigenvalue weighted by Gasteiger charge is 2.22. The van der Waals surface area contributed by atoms with Gasteiger partial charge in [0.1, 0.15) is 0 Å². The van der Waals surface area contributed by atoms with Gasteiger partial charge in [0.25, 0.3) is 0 Å². The van der Waals surface area contributed by atoms with Crippen LogP contribution in [0.3, 0.4) is 0 Å². The van der Waals surface area contributed by atoms with Crippen LogP contribution in [0.4, 0.5) is 0 Å². The molecule has 0 radical (unpaired) electrons. The first-order valence-electron chi connectivity index (χ1n) is 8.43. The summed E-state index contributed by atoms with van der Waals surface area (Å²) >= 11 is 0. The van der Waals surface area contributed by atoms with Crippen molar-refractivity contribution < 1.29 is 4.43 Å². The van der Waals surface area contributed by atoms with Gasteiger partial charge in [-0.1, -0.05) is 45.4 Å². The molecule has 1 nitrogen and oxygen atoms in total. The summed E-state index contributed by atoms with van der Waals surface area (Å²) in [5.74, 6) is 1.38. The normalized spacial score (nSPS) is 16.2. The molecule has 2 heteroatoms. The summed E-state index contributed by atoms with van der Waals surface area (Å²) in [5.41, 5.74) is 1.65. The van der Waals surface area contributed by atoms with Gasteiger partial charge in [-0.25, -0.2) is 0 Å². The average molecular weight is 283 g/mol. The molecule has 1 rings (SSSR count). The fourth-order valence-electron chi connectivity index (χ4n) is 2.83. The molecule has 0 spiro atoms.